The average molecular weight is 434 g/mol. The van der Waals surface area contributed by atoms with Gasteiger partial charge < -0.3 is 9.73 Å². The Bertz CT molecular complexity index is 1310. The number of hydrogen-bond donors (Lipinski definition) is 1. The van der Waals surface area contributed by atoms with Gasteiger partial charge in [-0.05, 0) is 48.5 Å². The number of nitrogens with one attached hydrogen (secondary N) is 1. The Hall–Kier alpha value is -3.59. The molecule has 0 atom stereocenters. The molecule has 0 aliphatic heterocycles. The molecule has 2 heterocycles. The number of rotatable bonds is 3. The lowest BCUT2D eigenvalue weighted by molar-refractivity contribution is -0.143. The van der Waals surface area contributed by atoms with Crippen LogP contribution in [0.3, 0.4) is 0 Å². The van der Waals surface area contributed by atoms with Gasteiger partial charge in [-0.1, -0.05) is 11.6 Å². The highest BCUT2D eigenvalue weighted by molar-refractivity contribution is 6.30. The zero-order valence-electron chi connectivity index (χ0n) is 14.9. The number of anilines is 1. The molecule has 152 valence electrons. The number of hydrogen-bond acceptors (Lipinski definition) is 4. The minimum atomic E-state index is -4.84. The number of aromatic nitrogens is 2. The Balaban J connectivity index is 1.71. The number of alkyl halides is 3. The van der Waals surface area contributed by atoms with Gasteiger partial charge in [-0.2, -0.15) is 18.3 Å². The van der Waals surface area contributed by atoms with Crippen LogP contribution >= 0.6 is 11.6 Å². The van der Waals surface area contributed by atoms with E-state index >= 15 is 0 Å². The molecular formula is C20H11ClF3N3O3. The van der Waals surface area contributed by atoms with Crippen molar-refractivity contribution in [1.82, 2.24) is 9.78 Å². The van der Waals surface area contributed by atoms with Crippen LogP contribution in [0, 0.1) is 0 Å². The number of halogens is 4. The Kier molecular flexibility index (Phi) is 4.83. The summed E-state index contributed by atoms with van der Waals surface area (Å²) in [5.41, 5.74) is -1.78. The third kappa shape index (κ3) is 3.79. The summed E-state index contributed by atoms with van der Waals surface area (Å²) in [6, 6.07) is 12.6. The van der Waals surface area contributed by atoms with E-state index in [1.54, 1.807) is 0 Å². The normalized spacial score (nSPS) is 11.6. The van der Waals surface area contributed by atoms with Gasteiger partial charge in [0.05, 0.1) is 17.4 Å². The summed E-state index contributed by atoms with van der Waals surface area (Å²) < 4.78 is 46.9. The van der Waals surface area contributed by atoms with Crippen molar-refractivity contribution in [3.8, 4) is 5.69 Å². The number of nitrogens with zero attached hydrogens (tertiary/aromatic N) is 2. The predicted octanol–water partition coefficient (Wildman–Crippen LogP) is 4.90. The van der Waals surface area contributed by atoms with Crippen molar-refractivity contribution in [2.24, 2.45) is 0 Å². The van der Waals surface area contributed by atoms with E-state index in [0.717, 1.165) is 6.20 Å². The minimum Gasteiger partial charge on any atom is -0.423 e. The largest absolute Gasteiger partial charge is 0.434 e. The molecule has 2 aromatic carbocycles. The zero-order chi connectivity index (χ0) is 21.5. The molecule has 0 aliphatic carbocycles. The fourth-order valence-electron chi connectivity index (χ4n) is 2.91. The smallest absolute Gasteiger partial charge is 0.423 e. The molecule has 0 saturated heterocycles. The van der Waals surface area contributed by atoms with Crippen LogP contribution in [-0.4, -0.2) is 15.7 Å². The summed E-state index contributed by atoms with van der Waals surface area (Å²) in [7, 11) is 0. The van der Waals surface area contributed by atoms with E-state index in [1.165, 1.54) is 54.6 Å². The highest BCUT2D eigenvalue weighted by Gasteiger charge is 2.40. The fourth-order valence-corrected chi connectivity index (χ4v) is 3.04. The molecule has 4 aromatic rings. The SMILES string of the molecule is O=C(Nc1ccc2oc(=O)ccc2c1)c1cnn(-c2ccc(Cl)cc2)c1C(F)(F)F. The van der Waals surface area contributed by atoms with Crippen LogP contribution in [0.2, 0.25) is 5.02 Å². The maximum absolute atomic E-state index is 13.7. The number of amides is 1. The van der Waals surface area contributed by atoms with Gasteiger partial charge in [0.15, 0.2) is 5.69 Å². The first kappa shape index (κ1) is 19.7. The van der Waals surface area contributed by atoms with Crippen LogP contribution in [-0.2, 0) is 6.18 Å². The maximum atomic E-state index is 13.7. The van der Waals surface area contributed by atoms with E-state index in [0.29, 0.717) is 15.1 Å². The molecule has 0 unspecified atom stereocenters. The summed E-state index contributed by atoms with van der Waals surface area (Å²) in [6.07, 6.45) is -3.98. The van der Waals surface area contributed by atoms with Crippen molar-refractivity contribution in [1.29, 1.82) is 0 Å². The summed E-state index contributed by atoms with van der Waals surface area (Å²) in [4.78, 5) is 23.9. The topological polar surface area (TPSA) is 77.1 Å². The first-order valence-corrected chi connectivity index (χ1v) is 8.86. The molecule has 1 N–H and O–H groups in total. The molecule has 4 rings (SSSR count). The van der Waals surface area contributed by atoms with E-state index < -0.39 is 29.0 Å². The minimum absolute atomic E-state index is 0.103. The molecule has 2 aromatic heterocycles. The first-order chi connectivity index (χ1) is 14.2. The third-order valence-corrected chi connectivity index (χ3v) is 4.48. The predicted molar refractivity (Wildman–Crippen MR) is 104 cm³/mol. The van der Waals surface area contributed by atoms with E-state index in [1.807, 2.05) is 0 Å². The Morgan fingerprint density at radius 3 is 2.50 bits per heavy atom. The van der Waals surface area contributed by atoms with Crippen LogP contribution < -0.4 is 10.9 Å². The van der Waals surface area contributed by atoms with Crippen molar-refractivity contribution in [2.45, 2.75) is 6.18 Å². The van der Waals surface area contributed by atoms with Crippen molar-refractivity contribution >= 4 is 34.2 Å². The molecule has 0 bridgehead atoms. The standard InChI is InChI=1S/C20H11ClF3N3O3/c21-12-2-5-14(6-3-12)27-18(20(22,23)24)15(10-25-27)19(29)26-13-4-7-16-11(9-13)1-8-17(28)30-16/h1-10H,(H,26,29). The molecule has 0 saturated carbocycles. The van der Waals surface area contributed by atoms with Crippen molar-refractivity contribution < 1.29 is 22.4 Å². The van der Waals surface area contributed by atoms with E-state index in [9.17, 15) is 22.8 Å². The molecule has 1 amide bonds. The van der Waals surface area contributed by atoms with Gasteiger partial charge in [-0.3, -0.25) is 4.79 Å². The maximum Gasteiger partial charge on any atom is 0.434 e. The second-order valence-electron chi connectivity index (χ2n) is 6.25. The van der Waals surface area contributed by atoms with Gasteiger partial charge in [-0.15, -0.1) is 0 Å². The van der Waals surface area contributed by atoms with Gasteiger partial charge in [0.2, 0.25) is 0 Å². The van der Waals surface area contributed by atoms with E-state index in [2.05, 4.69) is 10.4 Å². The lowest BCUT2D eigenvalue weighted by atomic mass is 10.2. The van der Waals surface area contributed by atoms with Gasteiger partial charge in [0.25, 0.3) is 5.91 Å². The number of carbonyl (C=O) groups excluding carboxylic acids is 1. The van der Waals surface area contributed by atoms with Crippen molar-refractivity contribution in [3.63, 3.8) is 0 Å². The van der Waals surface area contributed by atoms with Gasteiger partial charge >= 0.3 is 11.8 Å². The lowest BCUT2D eigenvalue weighted by Gasteiger charge is -2.13. The third-order valence-electron chi connectivity index (χ3n) is 4.23. The molecular weight excluding hydrogens is 423 g/mol. The summed E-state index contributed by atoms with van der Waals surface area (Å²) in [6.45, 7) is 0. The van der Waals surface area contributed by atoms with E-state index in [4.69, 9.17) is 16.0 Å². The molecule has 0 radical (unpaired) electrons. The van der Waals surface area contributed by atoms with Crippen LogP contribution in [0.15, 0.2) is 70.0 Å². The highest BCUT2D eigenvalue weighted by atomic mass is 35.5. The summed E-state index contributed by atoms with van der Waals surface area (Å²) in [5.74, 6) is -0.987. The van der Waals surface area contributed by atoms with Gasteiger partial charge in [0, 0.05) is 22.2 Å². The highest BCUT2D eigenvalue weighted by Crippen LogP contribution is 2.34. The van der Waals surface area contributed by atoms with E-state index in [-0.39, 0.29) is 17.0 Å². The fraction of sp³-hybridized carbons (Fsp3) is 0.0500. The van der Waals surface area contributed by atoms with Crippen LogP contribution in [0.1, 0.15) is 16.1 Å². The van der Waals surface area contributed by atoms with Crippen molar-refractivity contribution in [2.75, 3.05) is 5.32 Å². The summed E-state index contributed by atoms with van der Waals surface area (Å²) >= 11 is 5.78. The van der Waals surface area contributed by atoms with Crippen LogP contribution in [0.5, 0.6) is 0 Å². The van der Waals surface area contributed by atoms with Gasteiger partial charge in [0.1, 0.15) is 5.58 Å². The second-order valence-corrected chi connectivity index (χ2v) is 6.69. The van der Waals surface area contributed by atoms with Crippen molar-refractivity contribution in [3.05, 3.63) is 87.5 Å². The molecule has 6 nitrogen and oxygen atoms in total. The quantitative estimate of drug-likeness (QED) is 0.466. The van der Waals surface area contributed by atoms with Crippen LogP contribution in [0.25, 0.3) is 16.7 Å². The summed E-state index contributed by atoms with van der Waals surface area (Å²) in [5, 5.41) is 7.02. The molecule has 0 fully saturated rings. The van der Waals surface area contributed by atoms with Gasteiger partial charge in [-0.25, -0.2) is 9.48 Å². The average Bonchev–Trinajstić information content (AvgIpc) is 3.14. The Morgan fingerprint density at radius 1 is 1.07 bits per heavy atom. The molecule has 10 heteroatoms. The Morgan fingerprint density at radius 2 is 1.80 bits per heavy atom. The Labute approximate surface area is 171 Å². The first-order valence-electron chi connectivity index (χ1n) is 8.49. The molecule has 0 spiro atoms. The zero-order valence-corrected chi connectivity index (χ0v) is 15.7. The number of fused-ring (bicyclic) bond motifs is 1. The second kappa shape index (κ2) is 7.34. The molecule has 30 heavy (non-hydrogen) atoms. The molecule has 0 aliphatic rings. The number of benzene rings is 2. The monoisotopic (exact) mass is 433 g/mol. The lowest BCUT2D eigenvalue weighted by Crippen LogP contribution is -2.20. The number of carbonyl (C=O) groups is 1. The van der Waals surface area contributed by atoms with Crippen LogP contribution in [0.4, 0.5) is 18.9 Å².